The SMILES string of the molecule is CCN(C(=O)CN1C(=O)c2ccccc2S1(=O)=O)[C@H]1CCS(=O)(=O)C1. The fourth-order valence-electron chi connectivity index (χ4n) is 3.26. The van der Waals surface area contributed by atoms with Crippen molar-refractivity contribution >= 4 is 31.7 Å². The molecule has 1 aromatic carbocycles. The lowest BCUT2D eigenvalue weighted by atomic mass is 10.2. The van der Waals surface area contributed by atoms with Crippen molar-refractivity contribution in [2.75, 3.05) is 24.6 Å². The van der Waals surface area contributed by atoms with Crippen LogP contribution in [0.2, 0.25) is 0 Å². The molecule has 0 unspecified atom stereocenters. The zero-order chi connectivity index (χ0) is 18.4. The number of carbonyl (C=O) groups is 2. The molecule has 2 heterocycles. The average molecular weight is 386 g/mol. The number of sulfone groups is 1. The van der Waals surface area contributed by atoms with E-state index in [1.54, 1.807) is 13.0 Å². The summed E-state index contributed by atoms with van der Waals surface area (Å²) in [6, 6.07) is 5.32. The number of carbonyl (C=O) groups excluding carboxylic acids is 2. The average Bonchev–Trinajstić information content (AvgIpc) is 2.99. The van der Waals surface area contributed by atoms with Crippen molar-refractivity contribution in [3.05, 3.63) is 29.8 Å². The van der Waals surface area contributed by atoms with Crippen molar-refractivity contribution in [1.29, 1.82) is 0 Å². The van der Waals surface area contributed by atoms with E-state index >= 15 is 0 Å². The Bertz CT molecular complexity index is 939. The van der Waals surface area contributed by atoms with Crippen LogP contribution in [0.15, 0.2) is 29.2 Å². The van der Waals surface area contributed by atoms with Crippen LogP contribution in [-0.4, -0.2) is 68.5 Å². The summed E-state index contributed by atoms with van der Waals surface area (Å²) in [4.78, 5) is 26.2. The van der Waals surface area contributed by atoms with E-state index in [9.17, 15) is 26.4 Å². The van der Waals surface area contributed by atoms with Gasteiger partial charge in [-0.25, -0.2) is 21.1 Å². The fraction of sp³-hybridized carbons (Fsp3) is 0.467. The number of sulfonamides is 1. The molecule has 25 heavy (non-hydrogen) atoms. The van der Waals surface area contributed by atoms with Crippen molar-refractivity contribution < 1.29 is 26.4 Å². The van der Waals surface area contributed by atoms with E-state index in [0.717, 1.165) is 0 Å². The summed E-state index contributed by atoms with van der Waals surface area (Å²) in [5, 5.41) is 0. The third-order valence-electron chi connectivity index (χ3n) is 4.50. The number of nitrogens with zero attached hydrogens (tertiary/aromatic N) is 2. The zero-order valence-electron chi connectivity index (χ0n) is 13.6. The van der Waals surface area contributed by atoms with E-state index in [1.165, 1.54) is 23.1 Å². The molecule has 1 saturated heterocycles. The molecule has 0 N–H and O–H groups in total. The lowest BCUT2D eigenvalue weighted by Crippen LogP contribution is -2.47. The van der Waals surface area contributed by atoms with Crippen LogP contribution >= 0.6 is 0 Å². The summed E-state index contributed by atoms with van der Waals surface area (Å²) in [6.45, 7) is 1.31. The third-order valence-corrected chi connectivity index (χ3v) is 8.04. The summed E-state index contributed by atoms with van der Waals surface area (Å²) in [6.07, 6.45) is 0.322. The molecule has 0 spiro atoms. The largest absolute Gasteiger partial charge is 0.337 e. The number of fused-ring (bicyclic) bond motifs is 1. The predicted octanol–water partition coefficient (Wildman–Crippen LogP) is -0.133. The highest BCUT2D eigenvalue weighted by molar-refractivity contribution is 7.91. The van der Waals surface area contributed by atoms with Gasteiger partial charge in [-0.15, -0.1) is 0 Å². The molecule has 1 fully saturated rings. The first-order chi connectivity index (χ1) is 11.7. The molecule has 0 saturated carbocycles. The van der Waals surface area contributed by atoms with Crippen LogP contribution in [0.1, 0.15) is 23.7 Å². The van der Waals surface area contributed by atoms with Crippen molar-refractivity contribution in [1.82, 2.24) is 9.21 Å². The highest BCUT2D eigenvalue weighted by Crippen LogP contribution is 2.30. The van der Waals surface area contributed by atoms with Gasteiger partial charge in [-0.05, 0) is 25.5 Å². The number of benzene rings is 1. The van der Waals surface area contributed by atoms with Gasteiger partial charge in [-0.3, -0.25) is 9.59 Å². The van der Waals surface area contributed by atoms with E-state index in [2.05, 4.69) is 0 Å². The molecule has 0 bridgehead atoms. The van der Waals surface area contributed by atoms with E-state index in [-0.39, 0.29) is 28.5 Å². The highest BCUT2D eigenvalue weighted by atomic mass is 32.2. The molecule has 2 aliphatic heterocycles. The smallest absolute Gasteiger partial charge is 0.269 e. The second kappa shape index (κ2) is 6.10. The molecule has 8 nitrogen and oxygen atoms in total. The van der Waals surface area contributed by atoms with Gasteiger partial charge in [0.05, 0.1) is 17.1 Å². The summed E-state index contributed by atoms with van der Waals surface area (Å²) in [5.74, 6) is -1.44. The maximum absolute atomic E-state index is 12.6. The maximum Gasteiger partial charge on any atom is 0.269 e. The predicted molar refractivity (Wildman–Crippen MR) is 89.1 cm³/mol. The first-order valence-corrected chi connectivity index (χ1v) is 11.1. The quantitative estimate of drug-likeness (QED) is 0.713. The fourth-order valence-corrected chi connectivity index (χ4v) is 6.51. The Morgan fingerprint density at radius 2 is 1.92 bits per heavy atom. The Morgan fingerprint density at radius 1 is 1.24 bits per heavy atom. The monoisotopic (exact) mass is 386 g/mol. The molecule has 10 heteroatoms. The van der Waals surface area contributed by atoms with Gasteiger partial charge in [0.1, 0.15) is 11.4 Å². The van der Waals surface area contributed by atoms with Gasteiger partial charge in [-0.2, -0.15) is 0 Å². The number of hydrogen-bond acceptors (Lipinski definition) is 6. The van der Waals surface area contributed by atoms with Gasteiger partial charge in [0.25, 0.3) is 15.9 Å². The number of likely N-dealkylation sites (N-methyl/N-ethyl adjacent to an activating group) is 1. The minimum Gasteiger partial charge on any atom is -0.337 e. The second-order valence-corrected chi connectivity index (χ2v) is 10.1. The second-order valence-electron chi connectivity index (χ2n) is 6.05. The van der Waals surface area contributed by atoms with Crippen LogP contribution in [-0.2, 0) is 24.7 Å². The normalized spacial score (nSPS) is 23.5. The first kappa shape index (κ1) is 17.9. The third kappa shape index (κ3) is 3.04. The van der Waals surface area contributed by atoms with Gasteiger partial charge in [0.15, 0.2) is 9.84 Å². The van der Waals surface area contributed by atoms with Crippen LogP contribution in [0.25, 0.3) is 0 Å². The van der Waals surface area contributed by atoms with Crippen molar-refractivity contribution in [3.8, 4) is 0 Å². The summed E-state index contributed by atoms with van der Waals surface area (Å²) >= 11 is 0. The molecule has 0 aromatic heterocycles. The van der Waals surface area contributed by atoms with Crippen LogP contribution in [0.3, 0.4) is 0 Å². The Morgan fingerprint density at radius 3 is 2.48 bits per heavy atom. The van der Waals surface area contributed by atoms with Crippen molar-refractivity contribution in [2.45, 2.75) is 24.3 Å². The molecule has 2 amide bonds. The Hall–Kier alpha value is -1.94. The van der Waals surface area contributed by atoms with E-state index in [0.29, 0.717) is 10.7 Å². The zero-order valence-corrected chi connectivity index (χ0v) is 15.2. The Balaban J connectivity index is 1.83. The van der Waals surface area contributed by atoms with Gasteiger partial charge in [0.2, 0.25) is 5.91 Å². The number of hydrogen-bond donors (Lipinski definition) is 0. The lowest BCUT2D eigenvalue weighted by Gasteiger charge is -2.28. The molecule has 1 atom stereocenters. The molecular weight excluding hydrogens is 368 g/mol. The molecule has 0 aliphatic carbocycles. The standard InChI is InChI=1S/C15H18N2O6S2/c1-2-16(11-7-8-24(20,21)10-11)14(18)9-17-15(19)12-5-3-4-6-13(12)25(17,22)23/h3-6,11H,2,7-10H2,1H3/t11-/m0/s1. The van der Waals surface area contributed by atoms with E-state index in [1.807, 2.05) is 0 Å². The van der Waals surface area contributed by atoms with Crippen molar-refractivity contribution in [3.63, 3.8) is 0 Å². The van der Waals surface area contributed by atoms with Gasteiger partial charge in [0, 0.05) is 12.6 Å². The summed E-state index contributed by atoms with van der Waals surface area (Å²) < 4.78 is 48.8. The van der Waals surface area contributed by atoms with Crippen molar-refractivity contribution in [2.24, 2.45) is 0 Å². The van der Waals surface area contributed by atoms with Gasteiger partial charge < -0.3 is 4.90 Å². The van der Waals surface area contributed by atoms with Gasteiger partial charge >= 0.3 is 0 Å². The summed E-state index contributed by atoms with van der Waals surface area (Å²) in [5.41, 5.74) is 0.0433. The highest BCUT2D eigenvalue weighted by Gasteiger charge is 2.43. The molecule has 1 aromatic rings. The first-order valence-electron chi connectivity index (χ1n) is 7.83. The van der Waals surface area contributed by atoms with Crippen LogP contribution in [0.4, 0.5) is 0 Å². The van der Waals surface area contributed by atoms with E-state index < -0.39 is 44.3 Å². The minimum absolute atomic E-state index is 0.00777. The molecule has 0 radical (unpaired) electrons. The maximum atomic E-state index is 12.6. The topological polar surface area (TPSA) is 109 Å². The lowest BCUT2D eigenvalue weighted by molar-refractivity contribution is -0.132. The van der Waals surface area contributed by atoms with Crippen LogP contribution < -0.4 is 0 Å². The minimum atomic E-state index is -4.06. The molecular formula is C15H18N2O6S2. The van der Waals surface area contributed by atoms with E-state index in [4.69, 9.17) is 0 Å². The number of rotatable bonds is 4. The molecule has 3 rings (SSSR count). The van der Waals surface area contributed by atoms with Gasteiger partial charge in [-0.1, -0.05) is 12.1 Å². The molecule has 136 valence electrons. The Labute approximate surface area is 146 Å². The van der Waals surface area contributed by atoms with Crippen LogP contribution in [0.5, 0.6) is 0 Å². The molecule has 2 aliphatic rings. The summed E-state index contributed by atoms with van der Waals surface area (Å²) in [7, 11) is -7.24. The Kier molecular flexibility index (Phi) is 4.36. The number of amides is 2. The van der Waals surface area contributed by atoms with Crippen LogP contribution in [0, 0.1) is 0 Å².